The molecule has 1 rings (SSSR count). The normalized spacial score (nSPS) is 16.6. The molecule has 0 bridgehead atoms. The largest absolute Gasteiger partial charge is 0.381 e. The van der Waals surface area contributed by atoms with Crippen LogP contribution in [-0.2, 0) is 14.2 Å². The van der Waals surface area contributed by atoms with E-state index in [0.29, 0.717) is 32.2 Å². The van der Waals surface area contributed by atoms with Gasteiger partial charge in [-0.2, -0.15) is 0 Å². The lowest BCUT2D eigenvalue weighted by molar-refractivity contribution is -0.131. The molecule has 1 aliphatic rings. The molecular formula is C13H26N2O4. The van der Waals surface area contributed by atoms with Gasteiger partial charge in [0, 0.05) is 33.0 Å². The van der Waals surface area contributed by atoms with Crippen LogP contribution in [0.15, 0.2) is 0 Å². The van der Waals surface area contributed by atoms with Crippen molar-refractivity contribution in [2.75, 3.05) is 39.5 Å². The Kier molecular flexibility index (Phi) is 8.53. The zero-order valence-electron chi connectivity index (χ0n) is 11.9. The van der Waals surface area contributed by atoms with Gasteiger partial charge in [-0.1, -0.05) is 0 Å². The third kappa shape index (κ3) is 7.34. The maximum atomic E-state index is 11.6. The van der Waals surface area contributed by atoms with Crippen LogP contribution in [0.3, 0.4) is 0 Å². The van der Waals surface area contributed by atoms with Crippen LogP contribution in [0.4, 0.5) is 4.79 Å². The summed E-state index contributed by atoms with van der Waals surface area (Å²) >= 11 is 0. The van der Waals surface area contributed by atoms with Gasteiger partial charge in [0.05, 0.1) is 6.54 Å². The van der Waals surface area contributed by atoms with Gasteiger partial charge in [-0.05, 0) is 32.6 Å². The Balaban J connectivity index is 2.11. The van der Waals surface area contributed by atoms with E-state index >= 15 is 0 Å². The smallest absolute Gasteiger partial charge is 0.314 e. The highest BCUT2D eigenvalue weighted by Gasteiger charge is 2.15. The summed E-state index contributed by atoms with van der Waals surface area (Å²) in [6.07, 6.45) is 1.66. The number of ether oxygens (including phenoxy) is 3. The molecule has 1 saturated heterocycles. The first kappa shape index (κ1) is 16.2. The number of nitrogens with one attached hydrogen (secondary N) is 2. The zero-order valence-corrected chi connectivity index (χ0v) is 11.9. The fraction of sp³-hybridized carbons (Fsp3) is 0.923. The van der Waals surface area contributed by atoms with E-state index in [1.165, 1.54) is 0 Å². The summed E-state index contributed by atoms with van der Waals surface area (Å²) < 4.78 is 16.0. The van der Waals surface area contributed by atoms with E-state index in [-0.39, 0.29) is 12.3 Å². The molecule has 6 heteroatoms. The standard InChI is InChI=1S/C13H26N2O4/c1-3-18-12(19-4-2)10-15-13(16)14-9-11-5-7-17-8-6-11/h11-12H,3-10H2,1-2H3,(H2,14,15,16). The SMILES string of the molecule is CCOC(CNC(=O)NCC1CCOCC1)OCC. The van der Waals surface area contributed by atoms with E-state index in [9.17, 15) is 4.79 Å². The summed E-state index contributed by atoms with van der Waals surface area (Å²) in [6.45, 7) is 7.58. The highest BCUT2D eigenvalue weighted by atomic mass is 16.7. The Hall–Kier alpha value is -0.850. The first-order valence-electron chi connectivity index (χ1n) is 7.08. The molecule has 112 valence electrons. The van der Waals surface area contributed by atoms with Crippen LogP contribution in [0.2, 0.25) is 0 Å². The predicted octanol–water partition coefficient (Wildman–Crippen LogP) is 1.11. The van der Waals surface area contributed by atoms with Crippen LogP contribution < -0.4 is 10.6 Å². The van der Waals surface area contributed by atoms with Crippen molar-refractivity contribution < 1.29 is 19.0 Å². The molecule has 0 atom stereocenters. The molecule has 0 radical (unpaired) electrons. The van der Waals surface area contributed by atoms with Crippen molar-refractivity contribution in [1.29, 1.82) is 0 Å². The monoisotopic (exact) mass is 274 g/mol. The van der Waals surface area contributed by atoms with Crippen molar-refractivity contribution in [3.05, 3.63) is 0 Å². The second-order valence-corrected chi connectivity index (χ2v) is 4.49. The fourth-order valence-electron chi connectivity index (χ4n) is 1.96. The Morgan fingerprint density at radius 3 is 2.42 bits per heavy atom. The van der Waals surface area contributed by atoms with Gasteiger partial charge in [0.2, 0.25) is 0 Å². The van der Waals surface area contributed by atoms with Gasteiger partial charge in [-0.3, -0.25) is 0 Å². The minimum atomic E-state index is -0.371. The molecule has 0 aromatic heterocycles. The van der Waals surface area contributed by atoms with Crippen molar-refractivity contribution in [1.82, 2.24) is 10.6 Å². The summed E-state index contributed by atoms with van der Waals surface area (Å²) in [4.78, 5) is 11.6. The molecular weight excluding hydrogens is 248 g/mol. The van der Waals surface area contributed by atoms with E-state index in [0.717, 1.165) is 26.1 Å². The van der Waals surface area contributed by atoms with Crippen molar-refractivity contribution in [3.63, 3.8) is 0 Å². The summed E-state index contributed by atoms with van der Waals surface area (Å²) in [6, 6.07) is -0.170. The Labute approximate surface area is 115 Å². The number of urea groups is 1. The lowest BCUT2D eigenvalue weighted by atomic mass is 10.0. The molecule has 0 aliphatic carbocycles. The van der Waals surface area contributed by atoms with Gasteiger partial charge in [-0.15, -0.1) is 0 Å². The molecule has 0 unspecified atom stereocenters. The van der Waals surface area contributed by atoms with Crippen molar-refractivity contribution in [2.45, 2.75) is 33.0 Å². The molecule has 1 fully saturated rings. The van der Waals surface area contributed by atoms with Crippen LogP contribution in [0.25, 0.3) is 0 Å². The first-order chi connectivity index (χ1) is 9.26. The summed E-state index contributed by atoms with van der Waals surface area (Å²) in [5, 5.41) is 5.64. The lowest BCUT2D eigenvalue weighted by Crippen LogP contribution is -2.43. The quantitative estimate of drug-likeness (QED) is 0.651. The van der Waals surface area contributed by atoms with Gasteiger partial charge >= 0.3 is 6.03 Å². The van der Waals surface area contributed by atoms with E-state index in [4.69, 9.17) is 14.2 Å². The molecule has 1 aliphatic heterocycles. The van der Waals surface area contributed by atoms with Gasteiger partial charge in [-0.25, -0.2) is 4.79 Å². The molecule has 19 heavy (non-hydrogen) atoms. The Morgan fingerprint density at radius 1 is 1.21 bits per heavy atom. The predicted molar refractivity (Wildman–Crippen MR) is 72.0 cm³/mol. The first-order valence-corrected chi connectivity index (χ1v) is 7.08. The van der Waals surface area contributed by atoms with Gasteiger partial charge in [0.1, 0.15) is 0 Å². The van der Waals surface area contributed by atoms with E-state index in [1.807, 2.05) is 13.8 Å². The van der Waals surface area contributed by atoms with Gasteiger partial charge < -0.3 is 24.8 Å². The summed E-state index contributed by atoms with van der Waals surface area (Å²) in [5.74, 6) is 0.522. The van der Waals surface area contributed by atoms with E-state index < -0.39 is 0 Å². The number of rotatable bonds is 8. The van der Waals surface area contributed by atoms with Gasteiger partial charge in [0.15, 0.2) is 6.29 Å². The molecule has 2 N–H and O–H groups in total. The van der Waals surface area contributed by atoms with Crippen molar-refractivity contribution >= 4 is 6.03 Å². The molecule has 2 amide bonds. The zero-order chi connectivity index (χ0) is 13.9. The molecule has 6 nitrogen and oxygen atoms in total. The van der Waals surface area contributed by atoms with Crippen LogP contribution in [0, 0.1) is 5.92 Å². The second-order valence-electron chi connectivity index (χ2n) is 4.49. The van der Waals surface area contributed by atoms with Crippen LogP contribution >= 0.6 is 0 Å². The fourth-order valence-corrected chi connectivity index (χ4v) is 1.96. The van der Waals surface area contributed by atoms with Crippen molar-refractivity contribution in [3.8, 4) is 0 Å². The number of carbonyl (C=O) groups excluding carboxylic acids is 1. The Morgan fingerprint density at radius 2 is 1.84 bits per heavy atom. The minimum absolute atomic E-state index is 0.170. The summed E-state index contributed by atoms with van der Waals surface area (Å²) in [7, 11) is 0. The highest BCUT2D eigenvalue weighted by molar-refractivity contribution is 5.73. The van der Waals surface area contributed by atoms with Crippen LogP contribution in [-0.4, -0.2) is 51.8 Å². The molecule has 0 aromatic rings. The maximum Gasteiger partial charge on any atom is 0.314 e. The lowest BCUT2D eigenvalue weighted by Gasteiger charge is -2.22. The summed E-state index contributed by atoms with van der Waals surface area (Å²) in [5.41, 5.74) is 0. The third-order valence-electron chi connectivity index (χ3n) is 3.03. The van der Waals surface area contributed by atoms with Gasteiger partial charge in [0.25, 0.3) is 0 Å². The number of carbonyl (C=O) groups is 1. The average molecular weight is 274 g/mol. The Bertz CT molecular complexity index is 239. The number of hydrogen-bond acceptors (Lipinski definition) is 4. The third-order valence-corrected chi connectivity index (χ3v) is 3.03. The number of amides is 2. The maximum absolute atomic E-state index is 11.6. The molecule has 1 heterocycles. The van der Waals surface area contributed by atoms with Crippen LogP contribution in [0.5, 0.6) is 0 Å². The molecule has 0 aromatic carbocycles. The average Bonchev–Trinajstić information content (AvgIpc) is 2.44. The van der Waals surface area contributed by atoms with E-state index in [2.05, 4.69) is 10.6 Å². The van der Waals surface area contributed by atoms with E-state index in [1.54, 1.807) is 0 Å². The highest BCUT2D eigenvalue weighted by Crippen LogP contribution is 2.12. The second kappa shape index (κ2) is 10.00. The minimum Gasteiger partial charge on any atom is -0.381 e. The molecule has 0 spiro atoms. The number of hydrogen-bond donors (Lipinski definition) is 2. The molecule has 0 saturated carbocycles. The van der Waals surface area contributed by atoms with Crippen molar-refractivity contribution in [2.24, 2.45) is 5.92 Å². The topological polar surface area (TPSA) is 68.8 Å². The van der Waals surface area contributed by atoms with Crippen LogP contribution in [0.1, 0.15) is 26.7 Å².